The Bertz CT molecular complexity index is 1760. The molecule has 8 aliphatic rings. The van der Waals surface area contributed by atoms with Crippen LogP contribution in [0.2, 0.25) is 0 Å². The molecular weight excluding hydrogens is 857 g/mol. The fraction of sp³-hybridized carbons (Fsp3) is 0.909. The molecule has 0 spiro atoms. The van der Waals surface area contributed by atoms with Gasteiger partial charge in [-0.2, -0.15) is 0 Å². The Morgan fingerprint density at radius 1 is 0.486 bits per heavy atom. The van der Waals surface area contributed by atoms with E-state index in [2.05, 4.69) is 81.4 Å². The normalized spacial score (nSPS) is 39.5. The Morgan fingerprint density at radius 3 is 1.34 bits per heavy atom. The van der Waals surface area contributed by atoms with Crippen LogP contribution >= 0.6 is 0 Å². The minimum atomic E-state index is -0.643. The second kappa shape index (κ2) is 24.4. The van der Waals surface area contributed by atoms with E-state index in [1.54, 1.807) is 5.57 Å². The van der Waals surface area contributed by atoms with Crippen LogP contribution in [-0.2, 0) is 9.59 Å². The maximum absolute atomic E-state index is 10.9. The third kappa shape index (κ3) is 12.6. The van der Waals surface area contributed by atoms with E-state index >= 15 is 0 Å². The molecule has 16 atom stereocenters. The molecule has 0 aromatic heterocycles. The zero-order valence-electron chi connectivity index (χ0n) is 47.6. The molecule has 0 radical (unpaired) electrons. The smallest absolute Gasteiger partial charge is 0.303 e. The van der Waals surface area contributed by atoms with E-state index in [0.717, 1.165) is 109 Å². The number of rotatable bonds is 22. The van der Waals surface area contributed by atoms with Gasteiger partial charge in [0, 0.05) is 12.8 Å². The molecule has 0 amide bonds. The van der Waals surface area contributed by atoms with E-state index in [0.29, 0.717) is 34.5 Å². The first kappa shape index (κ1) is 56.2. The van der Waals surface area contributed by atoms with Crippen LogP contribution in [-0.4, -0.2) is 22.2 Å². The van der Waals surface area contributed by atoms with E-state index in [-0.39, 0.29) is 0 Å². The zero-order valence-corrected chi connectivity index (χ0v) is 47.6. The molecule has 4 nitrogen and oxygen atoms in total. The van der Waals surface area contributed by atoms with Crippen molar-refractivity contribution in [3.63, 3.8) is 0 Å². The zero-order chi connectivity index (χ0) is 50.4. The Morgan fingerprint density at radius 2 is 0.900 bits per heavy atom. The lowest BCUT2D eigenvalue weighted by atomic mass is 9.46. The van der Waals surface area contributed by atoms with Gasteiger partial charge in [-0.25, -0.2) is 0 Å². The lowest BCUT2D eigenvalue weighted by molar-refractivity contribution is -0.138. The number of unbranched alkanes of at least 4 members (excludes halogenated alkanes) is 4. The Hall–Kier alpha value is -1.58. The van der Waals surface area contributed by atoms with Crippen molar-refractivity contribution >= 4 is 11.9 Å². The highest BCUT2D eigenvalue weighted by atomic mass is 16.4. The van der Waals surface area contributed by atoms with Crippen LogP contribution in [0, 0.1) is 105 Å². The van der Waals surface area contributed by atoms with Crippen LogP contribution in [0.5, 0.6) is 0 Å². The van der Waals surface area contributed by atoms with E-state index in [1.807, 2.05) is 5.57 Å². The molecule has 6 fully saturated rings. The van der Waals surface area contributed by atoms with Gasteiger partial charge in [0.2, 0.25) is 0 Å². The number of carboxylic acid groups (broad SMARTS) is 2. The molecule has 70 heavy (non-hydrogen) atoms. The summed E-state index contributed by atoms with van der Waals surface area (Å²) >= 11 is 0. The van der Waals surface area contributed by atoms with Gasteiger partial charge in [0.05, 0.1) is 0 Å². The number of carboxylic acids is 2. The highest BCUT2D eigenvalue weighted by Crippen LogP contribution is 2.69. The summed E-state index contributed by atoms with van der Waals surface area (Å²) in [6.45, 7) is 25.4. The van der Waals surface area contributed by atoms with Crippen molar-refractivity contribution in [3.8, 4) is 0 Å². The second-order valence-corrected chi connectivity index (χ2v) is 28.8. The summed E-state index contributed by atoms with van der Waals surface area (Å²) in [5, 5.41) is 17.8. The van der Waals surface area contributed by atoms with Crippen LogP contribution in [0.3, 0.4) is 0 Å². The maximum Gasteiger partial charge on any atom is 0.303 e. The summed E-state index contributed by atoms with van der Waals surface area (Å²) in [5.74, 6) is 11.3. The lowest BCUT2D eigenvalue weighted by Crippen LogP contribution is -2.50. The first-order valence-electron chi connectivity index (χ1n) is 31.1. The molecule has 0 bridgehead atoms. The van der Waals surface area contributed by atoms with Crippen LogP contribution in [0.4, 0.5) is 0 Å². The number of hydrogen-bond acceptors (Lipinski definition) is 2. The highest BCUT2D eigenvalue weighted by molar-refractivity contribution is 5.66. The average molecular weight is 970 g/mol. The Kier molecular flexibility index (Phi) is 19.6. The van der Waals surface area contributed by atoms with Gasteiger partial charge in [-0.3, -0.25) is 9.59 Å². The van der Waals surface area contributed by atoms with Crippen LogP contribution in [0.15, 0.2) is 23.3 Å². The number of fused-ring (bicyclic) bond motifs is 10. The lowest BCUT2D eigenvalue weighted by Gasteiger charge is -2.58. The predicted molar refractivity (Wildman–Crippen MR) is 295 cm³/mol. The molecule has 4 heteroatoms. The third-order valence-electron chi connectivity index (χ3n) is 23.8. The number of hydrogen-bond donors (Lipinski definition) is 2. The number of carbonyl (C=O) groups is 2. The van der Waals surface area contributed by atoms with Crippen molar-refractivity contribution in [1.29, 1.82) is 0 Å². The summed E-state index contributed by atoms with van der Waals surface area (Å²) in [6.07, 6.45) is 46.5. The monoisotopic (exact) mass is 969 g/mol. The molecule has 8 unspecified atom stereocenters. The largest absolute Gasteiger partial charge is 0.481 e. The molecule has 8 aliphatic carbocycles. The first-order chi connectivity index (χ1) is 33.3. The van der Waals surface area contributed by atoms with Gasteiger partial charge in [0.1, 0.15) is 0 Å². The average Bonchev–Trinajstić information content (AvgIpc) is 3.85. The van der Waals surface area contributed by atoms with E-state index in [9.17, 15) is 9.59 Å². The molecule has 6 saturated carbocycles. The third-order valence-corrected chi connectivity index (χ3v) is 23.8. The Labute approximate surface area is 432 Å². The molecule has 0 heterocycles. The SMILES string of the molecule is CC(C)CCC[C@@H](C)[C@H]1CCC2C3CC=C4CC(CCCC(=O)O)CC[C@]4(C)C3CC[C@@]21C.CC(C)CCC[C@@H](C)[C@H]1CCC2C3CC=C4CC(CCCCCCCC(=O)O)CC[C@]4(C)C3CC[C@@]21C. The fourth-order valence-corrected chi connectivity index (χ4v) is 19.8. The summed E-state index contributed by atoms with van der Waals surface area (Å²) in [6, 6.07) is 0. The van der Waals surface area contributed by atoms with E-state index in [1.165, 1.54) is 167 Å². The molecule has 400 valence electrons. The predicted octanol–water partition coefficient (Wildman–Crippen LogP) is 19.4. The minimum Gasteiger partial charge on any atom is -0.481 e. The Balaban J connectivity index is 0.000000208. The second-order valence-electron chi connectivity index (χ2n) is 28.8. The van der Waals surface area contributed by atoms with Gasteiger partial charge in [-0.1, -0.05) is 163 Å². The van der Waals surface area contributed by atoms with Crippen molar-refractivity contribution in [2.75, 3.05) is 0 Å². The molecule has 0 saturated heterocycles. The summed E-state index contributed by atoms with van der Waals surface area (Å²) in [7, 11) is 0. The van der Waals surface area contributed by atoms with Gasteiger partial charge >= 0.3 is 11.9 Å². The van der Waals surface area contributed by atoms with Crippen LogP contribution in [0.1, 0.15) is 275 Å². The van der Waals surface area contributed by atoms with E-state index in [4.69, 9.17) is 10.2 Å². The van der Waals surface area contributed by atoms with Crippen LogP contribution in [0.25, 0.3) is 0 Å². The van der Waals surface area contributed by atoms with Gasteiger partial charge in [0.25, 0.3) is 0 Å². The molecule has 0 aliphatic heterocycles. The number of allylic oxidation sites excluding steroid dienone is 4. The van der Waals surface area contributed by atoms with Gasteiger partial charge < -0.3 is 10.2 Å². The van der Waals surface area contributed by atoms with Crippen molar-refractivity contribution in [3.05, 3.63) is 23.3 Å². The van der Waals surface area contributed by atoms with Crippen molar-refractivity contribution in [2.45, 2.75) is 275 Å². The molecular formula is C66H112O4. The molecule has 0 aromatic rings. The molecule has 0 aromatic carbocycles. The summed E-state index contributed by atoms with van der Waals surface area (Å²) in [5.41, 5.74) is 5.70. The molecule has 8 rings (SSSR count). The van der Waals surface area contributed by atoms with Crippen molar-refractivity contribution in [2.24, 2.45) is 105 Å². The topological polar surface area (TPSA) is 74.6 Å². The quantitative estimate of drug-likeness (QED) is 0.0837. The van der Waals surface area contributed by atoms with Crippen LogP contribution < -0.4 is 0 Å². The standard InChI is InChI=1S/C35H60O2.C31H52O2/c1-25(2)12-11-13-26(3)30-18-19-31-29-17-16-28-24-27(14-9-7-6-8-10-15-33(36)37)20-22-34(28,4)32(29)21-23-35(30,31)5;1-21(2)8-6-9-22(3)26-14-15-27-25-13-12-24-20-23(10-7-11-29(32)33)16-18-30(24,4)28(25)17-19-31(26,27)5/h16,25-27,29-32H,6-15,17-24H2,1-5H3,(H,36,37);12,21-23,25-28H,6-11,13-20H2,1-5H3,(H,32,33)/t26-,27?,29?,30-,31?,32?,34+,35-;22-,23?,25?,26-,27?,28?,30+,31-/m11/s1. The summed E-state index contributed by atoms with van der Waals surface area (Å²) < 4.78 is 0. The van der Waals surface area contributed by atoms with Crippen molar-refractivity contribution < 1.29 is 19.8 Å². The highest BCUT2D eigenvalue weighted by Gasteiger charge is 2.61. The molecule has 2 N–H and O–H groups in total. The fourth-order valence-electron chi connectivity index (χ4n) is 19.8. The van der Waals surface area contributed by atoms with Gasteiger partial charge in [0.15, 0.2) is 0 Å². The van der Waals surface area contributed by atoms with Gasteiger partial charge in [-0.15, -0.1) is 0 Å². The summed E-state index contributed by atoms with van der Waals surface area (Å²) in [4.78, 5) is 21.6. The van der Waals surface area contributed by atoms with E-state index < -0.39 is 11.9 Å². The van der Waals surface area contributed by atoms with Crippen molar-refractivity contribution in [1.82, 2.24) is 0 Å². The minimum absolute atomic E-state index is 0.342. The first-order valence-corrected chi connectivity index (χ1v) is 31.1. The maximum atomic E-state index is 10.9. The van der Waals surface area contributed by atoms with Gasteiger partial charge in [-0.05, 0) is 227 Å². The number of aliphatic carboxylic acids is 2.